The minimum Gasteiger partial charge on any atom is -0.793 e. The fourth-order valence-corrected chi connectivity index (χ4v) is 2.83. The van der Waals surface area contributed by atoms with Crippen molar-refractivity contribution in [3.05, 3.63) is 30.3 Å². The molecule has 3 unspecified atom stereocenters. The van der Waals surface area contributed by atoms with E-state index in [9.17, 15) is 5.11 Å². The van der Waals surface area contributed by atoms with Gasteiger partial charge in [-0.3, -0.25) is 0 Å². The van der Waals surface area contributed by atoms with Gasteiger partial charge in [-0.15, -0.1) is 0 Å². The molecule has 1 aliphatic carbocycles. The Hall–Kier alpha value is -0.670. The number of rotatable bonds is 4. The van der Waals surface area contributed by atoms with Crippen molar-refractivity contribution in [2.75, 3.05) is 5.75 Å². The molecule has 3 heteroatoms. The van der Waals surface area contributed by atoms with Gasteiger partial charge in [-0.2, -0.15) is 5.75 Å². The third kappa shape index (κ3) is 3.39. The Kier molecular flexibility index (Phi) is 4.75. The smallest absolute Gasteiger partial charge is 0.127 e. The average molecular weight is 251 g/mol. The van der Waals surface area contributed by atoms with Gasteiger partial charge in [0.2, 0.25) is 0 Å². The standard InChI is InChI=1S/C14H20O2S/c15-13-8-4-5-11(9-10-17)14(13)16-12-6-2-1-3-7-12/h1-3,6-7,11,13-15,17H,4-5,8-10H2/p-1. The molecule has 0 aliphatic heterocycles. The highest BCUT2D eigenvalue weighted by atomic mass is 32.1. The lowest BCUT2D eigenvalue weighted by Crippen LogP contribution is -2.42. The largest absolute Gasteiger partial charge is 0.793 e. The molecule has 3 atom stereocenters. The Labute approximate surface area is 108 Å². The van der Waals surface area contributed by atoms with E-state index in [1.54, 1.807) is 0 Å². The first kappa shape index (κ1) is 12.8. The Morgan fingerprint density at radius 1 is 1.24 bits per heavy atom. The first-order valence-electron chi connectivity index (χ1n) is 6.29. The van der Waals surface area contributed by atoms with Gasteiger partial charge in [-0.25, -0.2) is 0 Å². The minimum absolute atomic E-state index is 0.0888. The van der Waals surface area contributed by atoms with Crippen LogP contribution >= 0.6 is 0 Å². The fraction of sp³-hybridized carbons (Fsp3) is 0.571. The van der Waals surface area contributed by atoms with Gasteiger partial charge in [0, 0.05) is 0 Å². The predicted octanol–water partition coefficient (Wildman–Crippen LogP) is 2.53. The number of ether oxygens (including phenoxy) is 1. The van der Waals surface area contributed by atoms with Crippen molar-refractivity contribution in [3.8, 4) is 5.75 Å². The molecule has 0 amide bonds. The zero-order valence-corrected chi connectivity index (χ0v) is 10.7. The van der Waals surface area contributed by atoms with E-state index in [1.807, 2.05) is 30.3 Å². The molecule has 0 radical (unpaired) electrons. The van der Waals surface area contributed by atoms with Crippen LogP contribution < -0.4 is 4.74 Å². The van der Waals surface area contributed by atoms with Crippen LogP contribution in [0.1, 0.15) is 25.7 Å². The summed E-state index contributed by atoms with van der Waals surface area (Å²) in [6.45, 7) is 0. The van der Waals surface area contributed by atoms with Crippen LogP contribution in [0.4, 0.5) is 0 Å². The van der Waals surface area contributed by atoms with Crippen LogP contribution in [0.2, 0.25) is 0 Å². The predicted molar refractivity (Wildman–Crippen MR) is 71.1 cm³/mol. The lowest BCUT2D eigenvalue weighted by molar-refractivity contribution is -0.0293. The molecule has 0 saturated heterocycles. The van der Waals surface area contributed by atoms with Gasteiger partial charge in [0.05, 0.1) is 6.10 Å². The maximum Gasteiger partial charge on any atom is 0.127 e. The van der Waals surface area contributed by atoms with Gasteiger partial charge in [0.15, 0.2) is 0 Å². The van der Waals surface area contributed by atoms with Gasteiger partial charge >= 0.3 is 0 Å². The molecular formula is C14H19O2S-. The second-order valence-corrected chi connectivity index (χ2v) is 5.05. The number of hydrogen-bond acceptors (Lipinski definition) is 3. The third-order valence-corrected chi connectivity index (χ3v) is 3.66. The van der Waals surface area contributed by atoms with Crippen LogP contribution in [0, 0.1) is 5.92 Å². The zero-order valence-electron chi connectivity index (χ0n) is 9.92. The quantitative estimate of drug-likeness (QED) is 0.834. The number of para-hydroxylation sites is 1. The van der Waals surface area contributed by atoms with Crippen molar-refractivity contribution in [1.82, 2.24) is 0 Å². The second-order valence-electron chi connectivity index (χ2n) is 4.65. The van der Waals surface area contributed by atoms with Crippen LogP contribution in [0.3, 0.4) is 0 Å². The summed E-state index contributed by atoms with van der Waals surface area (Å²) in [5.74, 6) is 1.98. The molecule has 0 bridgehead atoms. The van der Waals surface area contributed by atoms with Crippen LogP contribution in [-0.2, 0) is 12.6 Å². The molecule has 2 rings (SSSR count). The first-order valence-corrected chi connectivity index (χ1v) is 6.87. The topological polar surface area (TPSA) is 29.5 Å². The third-order valence-electron chi connectivity index (χ3n) is 3.42. The van der Waals surface area contributed by atoms with E-state index >= 15 is 0 Å². The highest BCUT2D eigenvalue weighted by Crippen LogP contribution is 2.30. The summed E-state index contributed by atoms with van der Waals surface area (Å²) in [6, 6.07) is 9.74. The van der Waals surface area contributed by atoms with Crippen molar-refractivity contribution in [2.24, 2.45) is 5.92 Å². The average Bonchev–Trinajstić information content (AvgIpc) is 2.35. The molecular weight excluding hydrogens is 232 g/mol. The SMILES string of the molecule is OC1CCCC(CC[S-])C1Oc1ccccc1. The maximum absolute atomic E-state index is 10.1. The summed E-state index contributed by atoms with van der Waals surface area (Å²) >= 11 is 5.05. The van der Waals surface area contributed by atoms with Crippen LogP contribution in [-0.4, -0.2) is 23.1 Å². The fourth-order valence-electron chi connectivity index (χ4n) is 2.52. The highest BCUT2D eigenvalue weighted by Gasteiger charge is 2.32. The van der Waals surface area contributed by atoms with Gasteiger partial charge in [0.1, 0.15) is 11.9 Å². The van der Waals surface area contributed by atoms with Gasteiger partial charge in [-0.1, -0.05) is 31.0 Å². The summed E-state index contributed by atoms with van der Waals surface area (Å²) in [5, 5.41) is 10.1. The Morgan fingerprint density at radius 2 is 2.00 bits per heavy atom. The van der Waals surface area contributed by atoms with E-state index in [2.05, 4.69) is 0 Å². The molecule has 1 fully saturated rings. The van der Waals surface area contributed by atoms with Crippen LogP contribution in [0.25, 0.3) is 0 Å². The molecule has 0 spiro atoms. The van der Waals surface area contributed by atoms with Crippen molar-refractivity contribution in [1.29, 1.82) is 0 Å². The van der Waals surface area contributed by atoms with Crippen molar-refractivity contribution in [3.63, 3.8) is 0 Å². The summed E-state index contributed by atoms with van der Waals surface area (Å²) in [6.07, 6.45) is 3.56. The Morgan fingerprint density at radius 3 is 2.71 bits per heavy atom. The molecule has 1 aliphatic rings. The summed E-state index contributed by atoms with van der Waals surface area (Å²) < 4.78 is 5.94. The molecule has 2 nitrogen and oxygen atoms in total. The Balaban J connectivity index is 2.04. The summed E-state index contributed by atoms with van der Waals surface area (Å²) in [4.78, 5) is 0. The van der Waals surface area contributed by atoms with E-state index < -0.39 is 0 Å². The molecule has 17 heavy (non-hydrogen) atoms. The highest BCUT2D eigenvalue weighted by molar-refractivity contribution is 7.58. The Bertz CT molecular complexity index is 326. The maximum atomic E-state index is 10.1. The molecule has 1 aromatic carbocycles. The van der Waals surface area contributed by atoms with E-state index in [0.29, 0.717) is 5.92 Å². The number of aliphatic hydroxyl groups excluding tert-OH is 1. The minimum atomic E-state index is -0.351. The van der Waals surface area contributed by atoms with E-state index in [1.165, 1.54) is 0 Å². The van der Waals surface area contributed by atoms with Crippen LogP contribution in [0.15, 0.2) is 30.3 Å². The normalized spacial score (nSPS) is 28.9. The van der Waals surface area contributed by atoms with Gasteiger partial charge in [-0.05, 0) is 30.9 Å². The number of hydrogen-bond donors (Lipinski definition) is 1. The van der Waals surface area contributed by atoms with E-state index in [4.69, 9.17) is 17.4 Å². The van der Waals surface area contributed by atoms with Crippen LogP contribution in [0.5, 0.6) is 5.75 Å². The van der Waals surface area contributed by atoms with Gasteiger partial charge in [0.25, 0.3) is 0 Å². The van der Waals surface area contributed by atoms with E-state index in [0.717, 1.165) is 37.2 Å². The molecule has 0 heterocycles. The summed E-state index contributed by atoms with van der Waals surface area (Å²) in [7, 11) is 0. The number of benzene rings is 1. The second kappa shape index (κ2) is 6.31. The van der Waals surface area contributed by atoms with E-state index in [-0.39, 0.29) is 12.2 Å². The molecule has 94 valence electrons. The van der Waals surface area contributed by atoms with Crippen molar-refractivity contribution >= 4 is 12.6 Å². The lowest BCUT2D eigenvalue weighted by atomic mass is 9.82. The monoisotopic (exact) mass is 251 g/mol. The lowest BCUT2D eigenvalue weighted by Gasteiger charge is -2.36. The zero-order chi connectivity index (χ0) is 12.1. The first-order chi connectivity index (χ1) is 8.31. The molecule has 1 N–H and O–H groups in total. The van der Waals surface area contributed by atoms with Gasteiger partial charge < -0.3 is 22.5 Å². The summed E-state index contributed by atoms with van der Waals surface area (Å²) in [5.41, 5.74) is 0. The van der Waals surface area contributed by atoms with Crippen molar-refractivity contribution in [2.45, 2.75) is 37.9 Å². The van der Waals surface area contributed by atoms with Crippen molar-refractivity contribution < 1.29 is 9.84 Å². The number of aliphatic hydroxyl groups is 1. The molecule has 1 saturated carbocycles. The molecule has 0 aromatic heterocycles. The molecule has 1 aromatic rings.